The summed E-state index contributed by atoms with van der Waals surface area (Å²) in [6.07, 6.45) is -1.46. The van der Waals surface area contributed by atoms with E-state index >= 15 is 0 Å². The molecule has 1 aromatic carbocycles. The topological polar surface area (TPSA) is 59.9 Å². The fraction of sp³-hybridized carbons (Fsp3) is 0.167. The highest BCUT2D eigenvalue weighted by molar-refractivity contribution is 5.56. The van der Waals surface area contributed by atoms with Gasteiger partial charge in [-0.05, 0) is 25.1 Å². The Kier molecular flexibility index (Phi) is 5.01. The molecule has 0 unspecified atom stereocenters. The lowest BCUT2D eigenvalue weighted by Gasteiger charge is -2.14. The average molecular weight is 360 g/mol. The third-order valence-corrected chi connectivity index (χ3v) is 3.45. The minimum absolute atomic E-state index is 0.124. The Balaban J connectivity index is 1.80. The highest BCUT2D eigenvalue weighted by Crippen LogP contribution is 2.27. The minimum Gasteiger partial charge on any atom is -0.405 e. The van der Waals surface area contributed by atoms with Crippen molar-refractivity contribution < 1.29 is 17.9 Å². The molecule has 5 nitrogen and oxygen atoms in total. The van der Waals surface area contributed by atoms with Gasteiger partial charge in [-0.25, -0.2) is 9.97 Å². The molecule has 2 aromatic heterocycles. The lowest BCUT2D eigenvalue weighted by Crippen LogP contribution is -2.18. The summed E-state index contributed by atoms with van der Waals surface area (Å²) in [6, 6.07) is 11.3. The van der Waals surface area contributed by atoms with Gasteiger partial charge in [-0.2, -0.15) is 0 Å². The lowest BCUT2D eigenvalue weighted by atomic mass is 10.2. The van der Waals surface area contributed by atoms with E-state index in [9.17, 15) is 13.2 Å². The van der Waals surface area contributed by atoms with Crippen LogP contribution in [0.25, 0.3) is 11.4 Å². The number of nitrogens with zero attached hydrogens (tertiary/aromatic N) is 3. The molecule has 134 valence electrons. The van der Waals surface area contributed by atoms with Crippen molar-refractivity contribution in [2.24, 2.45) is 0 Å². The maximum absolute atomic E-state index is 12.5. The van der Waals surface area contributed by atoms with Crippen molar-refractivity contribution in [1.29, 1.82) is 0 Å². The van der Waals surface area contributed by atoms with E-state index in [4.69, 9.17) is 0 Å². The van der Waals surface area contributed by atoms with Crippen LogP contribution in [0.15, 0.2) is 54.9 Å². The number of pyridine rings is 1. The molecule has 0 saturated carbocycles. The normalized spacial score (nSPS) is 11.2. The number of hydrogen-bond acceptors (Lipinski definition) is 5. The van der Waals surface area contributed by atoms with Crippen LogP contribution in [0, 0.1) is 6.92 Å². The first kappa shape index (κ1) is 17.7. The van der Waals surface area contributed by atoms with Gasteiger partial charge < -0.3 is 10.1 Å². The molecule has 0 fully saturated rings. The highest BCUT2D eigenvalue weighted by atomic mass is 19.4. The molecule has 2 heterocycles. The second-order valence-electron chi connectivity index (χ2n) is 5.46. The molecule has 0 atom stereocenters. The van der Waals surface area contributed by atoms with Crippen molar-refractivity contribution in [3.63, 3.8) is 0 Å². The molecule has 0 aliphatic carbocycles. The molecule has 0 bridgehead atoms. The summed E-state index contributed by atoms with van der Waals surface area (Å²) < 4.78 is 41.6. The summed E-state index contributed by atoms with van der Waals surface area (Å²) >= 11 is 0. The Morgan fingerprint density at radius 3 is 2.50 bits per heavy atom. The van der Waals surface area contributed by atoms with E-state index in [1.807, 2.05) is 6.92 Å². The van der Waals surface area contributed by atoms with Gasteiger partial charge in [0.1, 0.15) is 11.6 Å². The van der Waals surface area contributed by atoms with Gasteiger partial charge in [0.05, 0.1) is 0 Å². The zero-order valence-electron chi connectivity index (χ0n) is 13.8. The largest absolute Gasteiger partial charge is 0.573 e. The van der Waals surface area contributed by atoms with Crippen molar-refractivity contribution in [2.45, 2.75) is 19.8 Å². The lowest BCUT2D eigenvalue weighted by molar-refractivity contribution is -0.274. The van der Waals surface area contributed by atoms with Gasteiger partial charge in [-0.15, -0.1) is 13.2 Å². The molecule has 26 heavy (non-hydrogen) atoms. The average Bonchev–Trinajstić information content (AvgIpc) is 2.60. The Hall–Kier alpha value is -3.16. The van der Waals surface area contributed by atoms with Gasteiger partial charge in [0, 0.05) is 41.8 Å². The molecular formula is C18H15F3N4O. The number of aryl methyl sites for hydroxylation is 1. The fourth-order valence-corrected chi connectivity index (χ4v) is 2.35. The number of nitrogens with one attached hydrogen (secondary N) is 1. The zero-order chi connectivity index (χ0) is 18.6. The van der Waals surface area contributed by atoms with Gasteiger partial charge in [0.15, 0.2) is 5.82 Å². The number of aromatic nitrogens is 3. The van der Waals surface area contributed by atoms with Crippen molar-refractivity contribution in [3.8, 4) is 17.1 Å². The summed E-state index contributed by atoms with van der Waals surface area (Å²) in [6.45, 7) is 1.94. The van der Waals surface area contributed by atoms with E-state index < -0.39 is 6.36 Å². The molecule has 0 aliphatic heterocycles. The molecule has 3 rings (SSSR count). The Morgan fingerprint density at radius 1 is 1.04 bits per heavy atom. The van der Waals surface area contributed by atoms with Crippen molar-refractivity contribution >= 4 is 5.82 Å². The van der Waals surface area contributed by atoms with Crippen molar-refractivity contribution in [3.05, 3.63) is 66.1 Å². The number of anilines is 1. The quantitative estimate of drug-likeness (QED) is 0.733. The molecule has 0 aliphatic rings. The van der Waals surface area contributed by atoms with Crippen molar-refractivity contribution in [2.75, 3.05) is 5.32 Å². The molecular weight excluding hydrogens is 345 g/mol. The first-order valence-electron chi connectivity index (χ1n) is 7.74. The maximum atomic E-state index is 12.5. The van der Waals surface area contributed by atoms with Crippen LogP contribution in [0.2, 0.25) is 0 Å². The van der Waals surface area contributed by atoms with Crippen LogP contribution in [0.5, 0.6) is 5.75 Å². The molecule has 1 N–H and O–H groups in total. The van der Waals surface area contributed by atoms with Crippen molar-refractivity contribution in [1.82, 2.24) is 15.0 Å². The first-order valence-corrected chi connectivity index (χ1v) is 7.74. The number of ether oxygens (including phenoxy) is 1. The predicted octanol–water partition coefficient (Wildman–Crippen LogP) is 4.36. The standard InChI is InChI=1S/C18H15F3N4O/c1-12-10-16(25-17(24-12)13-6-8-22-9-7-13)23-11-14-4-2-3-5-15(14)26-18(19,20)21/h2-10H,11H2,1H3,(H,23,24,25). The van der Waals surface area contributed by atoms with Crippen LogP contribution in [-0.2, 0) is 6.54 Å². The third kappa shape index (κ3) is 4.69. The SMILES string of the molecule is Cc1cc(NCc2ccccc2OC(F)(F)F)nc(-c2ccncc2)n1. The highest BCUT2D eigenvalue weighted by Gasteiger charge is 2.31. The van der Waals surface area contributed by atoms with Crippen LogP contribution in [0.1, 0.15) is 11.3 Å². The Bertz CT molecular complexity index is 885. The first-order chi connectivity index (χ1) is 12.4. The second-order valence-corrected chi connectivity index (χ2v) is 5.46. The van der Waals surface area contributed by atoms with E-state index in [0.717, 1.165) is 11.3 Å². The molecule has 8 heteroatoms. The van der Waals surface area contributed by atoms with Crippen LogP contribution < -0.4 is 10.1 Å². The molecule has 3 aromatic rings. The minimum atomic E-state index is -4.74. The summed E-state index contributed by atoms with van der Waals surface area (Å²) in [5.74, 6) is 0.772. The summed E-state index contributed by atoms with van der Waals surface area (Å²) in [5, 5.41) is 3.02. The van der Waals surface area contributed by atoms with Gasteiger partial charge in [-0.3, -0.25) is 4.98 Å². The van der Waals surface area contributed by atoms with Crippen LogP contribution in [0.3, 0.4) is 0 Å². The van der Waals surface area contributed by atoms with Gasteiger partial charge in [-0.1, -0.05) is 18.2 Å². The predicted molar refractivity (Wildman–Crippen MR) is 90.5 cm³/mol. The fourth-order valence-electron chi connectivity index (χ4n) is 2.35. The third-order valence-electron chi connectivity index (χ3n) is 3.45. The van der Waals surface area contributed by atoms with Gasteiger partial charge in [0.25, 0.3) is 0 Å². The number of hydrogen-bond donors (Lipinski definition) is 1. The van der Waals surface area contributed by atoms with E-state index in [1.54, 1.807) is 42.7 Å². The van der Waals surface area contributed by atoms with Crippen LogP contribution in [0.4, 0.5) is 19.0 Å². The summed E-state index contributed by atoms with van der Waals surface area (Å²) in [7, 11) is 0. The van der Waals surface area contributed by atoms with E-state index in [-0.39, 0.29) is 12.3 Å². The number of alkyl halides is 3. The monoisotopic (exact) mass is 360 g/mol. The Morgan fingerprint density at radius 2 is 1.77 bits per heavy atom. The second kappa shape index (κ2) is 7.38. The summed E-state index contributed by atoms with van der Waals surface area (Å²) in [5.41, 5.74) is 1.90. The number of rotatable bonds is 5. The van der Waals surface area contributed by atoms with E-state index in [2.05, 4.69) is 25.0 Å². The van der Waals surface area contributed by atoms with Gasteiger partial charge in [0.2, 0.25) is 0 Å². The smallest absolute Gasteiger partial charge is 0.405 e. The molecule has 0 saturated heterocycles. The molecule has 0 radical (unpaired) electrons. The van der Waals surface area contributed by atoms with Crippen LogP contribution in [-0.4, -0.2) is 21.3 Å². The van der Waals surface area contributed by atoms with Gasteiger partial charge >= 0.3 is 6.36 Å². The number of halogens is 3. The maximum Gasteiger partial charge on any atom is 0.573 e. The van der Waals surface area contributed by atoms with E-state index in [0.29, 0.717) is 17.2 Å². The Labute approximate surface area is 147 Å². The zero-order valence-corrected chi connectivity index (χ0v) is 13.8. The van der Waals surface area contributed by atoms with Crippen LogP contribution >= 0.6 is 0 Å². The van der Waals surface area contributed by atoms with E-state index in [1.165, 1.54) is 12.1 Å². The molecule has 0 spiro atoms. The number of benzene rings is 1. The molecule has 0 amide bonds. The summed E-state index contributed by atoms with van der Waals surface area (Å²) in [4.78, 5) is 12.7. The number of para-hydroxylation sites is 1.